The Bertz CT molecular complexity index is 523. The first-order valence-electron chi connectivity index (χ1n) is 7.31. The van der Waals surface area contributed by atoms with Gasteiger partial charge in [-0.05, 0) is 12.8 Å². The molecule has 1 aliphatic rings. The molecule has 116 valence electrons. The number of rotatable bonds is 2. The van der Waals surface area contributed by atoms with Crippen molar-refractivity contribution in [2.24, 2.45) is 5.92 Å². The van der Waals surface area contributed by atoms with Crippen molar-refractivity contribution in [1.29, 1.82) is 0 Å². The highest BCUT2D eigenvalue weighted by atomic mass is 16.5. The van der Waals surface area contributed by atoms with Gasteiger partial charge in [0.1, 0.15) is 5.76 Å². The molecule has 1 fully saturated rings. The molecule has 1 saturated heterocycles. The minimum Gasteiger partial charge on any atom is -0.359 e. The van der Waals surface area contributed by atoms with Crippen molar-refractivity contribution in [3.8, 4) is 0 Å². The first-order valence-corrected chi connectivity index (χ1v) is 7.31. The van der Waals surface area contributed by atoms with Crippen molar-refractivity contribution < 1.29 is 14.1 Å². The van der Waals surface area contributed by atoms with E-state index in [1.807, 2.05) is 20.8 Å². The molecule has 0 aromatic carbocycles. The van der Waals surface area contributed by atoms with E-state index in [0.29, 0.717) is 31.7 Å². The quantitative estimate of drug-likeness (QED) is 0.906. The van der Waals surface area contributed by atoms with Crippen LogP contribution in [0.25, 0.3) is 0 Å². The van der Waals surface area contributed by atoms with Crippen LogP contribution in [0.1, 0.15) is 46.3 Å². The Kier molecular flexibility index (Phi) is 4.34. The molecule has 1 aromatic rings. The maximum atomic E-state index is 12.2. The highest BCUT2D eigenvalue weighted by Crippen LogP contribution is 2.25. The molecule has 0 spiro atoms. The maximum absolute atomic E-state index is 12.2. The van der Waals surface area contributed by atoms with Crippen molar-refractivity contribution in [2.45, 2.75) is 46.0 Å². The molecule has 2 rings (SSSR count). The van der Waals surface area contributed by atoms with Gasteiger partial charge in [-0.1, -0.05) is 25.9 Å². The number of aromatic nitrogens is 1. The number of amides is 2. The molecule has 0 unspecified atom stereocenters. The van der Waals surface area contributed by atoms with Gasteiger partial charge in [-0.2, -0.15) is 0 Å². The number of likely N-dealkylation sites (tertiary alicyclic amines) is 1. The van der Waals surface area contributed by atoms with Crippen LogP contribution in [-0.4, -0.2) is 35.0 Å². The average molecular weight is 293 g/mol. The lowest BCUT2D eigenvalue weighted by atomic mass is 9.93. The number of anilines is 1. The van der Waals surface area contributed by atoms with Crippen LogP contribution in [0.15, 0.2) is 10.6 Å². The Hall–Kier alpha value is -1.85. The first-order chi connectivity index (χ1) is 9.77. The van der Waals surface area contributed by atoms with Crippen molar-refractivity contribution in [2.75, 3.05) is 18.4 Å². The second-order valence-corrected chi connectivity index (χ2v) is 6.60. The molecule has 0 radical (unpaired) electrons. The first kappa shape index (κ1) is 15.5. The highest BCUT2D eigenvalue weighted by molar-refractivity contribution is 5.91. The zero-order chi connectivity index (χ0) is 15.6. The van der Waals surface area contributed by atoms with Crippen LogP contribution in [0.2, 0.25) is 0 Å². The van der Waals surface area contributed by atoms with Crippen LogP contribution < -0.4 is 5.32 Å². The van der Waals surface area contributed by atoms with Crippen LogP contribution >= 0.6 is 0 Å². The Morgan fingerprint density at radius 3 is 2.43 bits per heavy atom. The van der Waals surface area contributed by atoms with Crippen molar-refractivity contribution in [3.05, 3.63) is 11.8 Å². The maximum Gasteiger partial charge on any atom is 0.228 e. The molecule has 1 aliphatic heterocycles. The van der Waals surface area contributed by atoms with E-state index in [4.69, 9.17) is 4.52 Å². The van der Waals surface area contributed by atoms with E-state index in [1.165, 1.54) is 0 Å². The molecule has 0 aliphatic carbocycles. The Morgan fingerprint density at radius 1 is 1.33 bits per heavy atom. The number of carbonyl (C=O) groups is 2. The number of piperidine rings is 1. The van der Waals surface area contributed by atoms with E-state index in [9.17, 15) is 9.59 Å². The summed E-state index contributed by atoms with van der Waals surface area (Å²) in [5.41, 5.74) is -0.136. The molecule has 21 heavy (non-hydrogen) atoms. The number of hydrogen-bond acceptors (Lipinski definition) is 4. The lowest BCUT2D eigenvalue weighted by Gasteiger charge is -2.30. The molecule has 6 heteroatoms. The summed E-state index contributed by atoms with van der Waals surface area (Å²) in [6.07, 6.45) is 1.38. The predicted octanol–water partition coefficient (Wildman–Crippen LogP) is 2.17. The molecule has 0 atom stereocenters. The second-order valence-electron chi connectivity index (χ2n) is 6.60. The minimum atomic E-state index is -0.136. The second kappa shape index (κ2) is 5.87. The lowest BCUT2D eigenvalue weighted by molar-refractivity contribution is -0.132. The minimum absolute atomic E-state index is 0.0491. The summed E-state index contributed by atoms with van der Waals surface area (Å²) in [4.78, 5) is 25.2. The SMILES string of the molecule is CC(=O)N1CCC(C(=O)Nc2cc(C(C)(C)C)on2)CC1. The predicted molar refractivity (Wildman–Crippen MR) is 78.8 cm³/mol. The Labute approximate surface area is 124 Å². The normalized spacial score (nSPS) is 16.9. The van der Waals surface area contributed by atoms with Gasteiger partial charge < -0.3 is 14.7 Å². The van der Waals surface area contributed by atoms with E-state index in [0.717, 1.165) is 5.76 Å². The Balaban J connectivity index is 1.91. The van der Waals surface area contributed by atoms with Crippen LogP contribution in [-0.2, 0) is 15.0 Å². The molecule has 6 nitrogen and oxygen atoms in total. The molecule has 2 heterocycles. The van der Waals surface area contributed by atoms with Gasteiger partial charge >= 0.3 is 0 Å². The zero-order valence-electron chi connectivity index (χ0n) is 13.1. The molecular weight excluding hydrogens is 270 g/mol. The molecule has 1 aromatic heterocycles. The summed E-state index contributed by atoms with van der Waals surface area (Å²) < 4.78 is 5.25. The molecule has 1 N–H and O–H groups in total. The summed E-state index contributed by atoms with van der Waals surface area (Å²) in [6.45, 7) is 8.91. The fraction of sp³-hybridized carbons (Fsp3) is 0.667. The van der Waals surface area contributed by atoms with E-state index in [1.54, 1.807) is 17.9 Å². The third-order valence-corrected chi connectivity index (χ3v) is 3.81. The van der Waals surface area contributed by atoms with E-state index in [-0.39, 0.29) is 23.1 Å². The van der Waals surface area contributed by atoms with Crippen molar-refractivity contribution >= 4 is 17.6 Å². The average Bonchev–Trinajstić information content (AvgIpc) is 2.87. The highest BCUT2D eigenvalue weighted by Gasteiger charge is 2.27. The summed E-state index contributed by atoms with van der Waals surface area (Å²) in [6, 6.07) is 1.77. The lowest BCUT2D eigenvalue weighted by Crippen LogP contribution is -2.40. The molecule has 2 amide bonds. The fourth-order valence-electron chi connectivity index (χ4n) is 2.37. The van der Waals surface area contributed by atoms with E-state index < -0.39 is 0 Å². The van der Waals surface area contributed by atoms with Gasteiger partial charge in [0.25, 0.3) is 0 Å². The van der Waals surface area contributed by atoms with Crippen LogP contribution in [0, 0.1) is 5.92 Å². The third-order valence-electron chi connectivity index (χ3n) is 3.81. The van der Waals surface area contributed by atoms with Crippen LogP contribution in [0.5, 0.6) is 0 Å². The monoisotopic (exact) mass is 293 g/mol. The summed E-state index contributed by atoms with van der Waals surface area (Å²) in [5.74, 6) is 1.14. The zero-order valence-corrected chi connectivity index (χ0v) is 13.1. The number of nitrogens with zero attached hydrogens (tertiary/aromatic N) is 2. The van der Waals surface area contributed by atoms with Gasteiger partial charge in [0.2, 0.25) is 11.8 Å². The smallest absolute Gasteiger partial charge is 0.228 e. The summed E-state index contributed by atoms with van der Waals surface area (Å²) in [7, 11) is 0. The molecule has 0 saturated carbocycles. The fourth-order valence-corrected chi connectivity index (χ4v) is 2.37. The topological polar surface area (TPSA) is 75.4 Å². The standard InChI is InChI=1S/C15H23N3O3/c1-10(19)18-7-5-11(6-8-18)14(20)16-13-9-12(21-17-13)15(2,3)4/h9,11H,5-8H2,1-4H3,(H,16,17,20). The largest absolute Gasteiger partial charge is 0.359 e. The van der Waals surface area contributed by atoms with Crippen molar-refractivity contribution in [1.82, 2.24) is 10.1 Å². The van der Waals surface area contributed by atoms with Crippen molar-refractivity contribution in [3.63, 3.8) is 0 Å². The van der Waals surface area contributed by atoms with Gasteiger partial charge in [-0.25, -0.2) is 0 Å². The van der Waals surface area contributed by atoms with Gasteiger partial charge in [0, 0.05) is 37.4 Å². The molecular formula is C15H23N3O3. The number of nitrogens with one attached hydrogen (secondary N) is 1. The van der Waals surface area contributed by atoms with Gasteiger partial charge in [-0.15, -0.1) is 0 Å². The Morgan fingerprint density at radius 2 is 1.95 bits per heavy atom. The van der Waals surface area contributed by atoms with E-state index >= 15 is 0 Å². The third kappa shape index (κ3) is 3.83. The van der Waals surface area contributed by atoms with Gasteiger partial charge in [-0.3, -0.25) is 9.59 Å². The number of carbonyl (C=O) groups excluding carboxylic acids is 2. The summed E-state index contributed by atoms with van der Waals surface area (Å²) in [5, 5.41) is 6.69. The van der Waals surface area contributed by atoms with Crippen LogP contribution in [0.3, 0.4) is 0 Å². The summed E-state index contributed by atoms with van der Waals surface area (Å²) >= 11 is 0. The van der Waals surface area contributed by atoms with Gasteiger partial charge in [0.15, 0.2) is 5.82 Å². The van der Waals surface area contributed by atoms with E-state index in [2.05, 4.69) is 10.5 Å². The van der Waals surface area contributed by atoms with Crippen LogP contribution in [0.4, 0.5) is 5.82 Å². The molecule has 0 bridgehead atoms. The van der Waals surface area contributed by atoms with Gasteiger partial charge in [0.05, 0.1) is 0 Å². The number of hydrogen-bond donors (Lipinski definition) is 1.